The molecule has 0 spiro atoms. The van der Waals surface area contributed by atoms with E-state index in [4.69, 9.17) is 16.0 Å². The molecule has 2 aromatic carbocycles. The maximum Gasteiger partial charge on any atom is 0.248 e. The first-order chi connectivity index (χ1) is 14.1. The summed E-state index contributed by atoms with van der Waals surface area (Å²) in [5.74, 6) is 0.144. The molecule has 4 rings (SSSR count). The lowest BCUT2D eigenvalue weighted by Crippen LogP contribution is -1.95. The van der Waals surface area contributed by atoms with Crippen LogP contribution in [0.25, 0.3) is 22.9 Å². The fourth-order valence-electron chi connectivity index (χ4n) is 2.45. The lowest BCUT2D eigenvalue weighted by Gasteiger charge is -2.02. The van der Waals surface area contributed by atoms with Crippen molar-refractivity contribution in [2.24, 2.45) is 5.10 Å². The van der Waals surface area contributed by atoms with Crippen molar-refractivity contribution >= 4 is 23.6 Å². The molecular formula is C20H12ClF2N5O. The van der Waals surface area contributed by atoms with Crippen LogP contribution < -0.4 is 5.43 Å². The van der Waals surface area contributed by atoms with Gasteiger partial charge >= 0.3 is 0 Å². The van der Waals surface area contributed by atoms with E-state index >= 15 is 0 Å². The molecule has 0 unspecified atom stereocenters. The second-order valence-corrected chi connectivity index (χ2v) is 6.29. The highest BCUT2D eigenvalue weighted by atomic mass is 35.5. The monoisotopic (exact) mass is 411 g/mol. The second kappa shape index (κ2) is 8.15. The number of hydrogen-bond acceptors (Lipinski definition) is 6. The number of pyridine rings is 1. The van der Waals surface area contributed by atoms with Gasteiger partial charge in [0.25, 0.3) is 0 Å². The van der Waals surface area contributed by atoms with Gasteiger partial charge in [-0.3, -0.25) is 5.43 Å². The quantitative estimate of drug-likeness (QED) is 0.278. The van der Waals surface area contributed by atoms with Crippen molar-refractivity contribution in [3.8, 4) is 22.9 Å². The van der Waals surface area contributed by atoms with E-state index in [1.807, 2.05) is 0 Å². The fraction of sp³-hybridized carbons (Fsp3) is 0. The molecule has 0 aliphatic rings. The maximum absolute atomic E-state index is 13.1. The molecule has 4 aromatic rings. The molecule has 0 radical (unpaired) electrons. The smallest absolute Gasteiger partial charge is 0.248 e. The second-order valence-electron chi connectivity index (χ2n) is 5.90. The molecule has 0 aliphatic heterocycles. The van der Waals surface area contributed by atoms with Crippen molar-refractivity contribution in [3.63, 3.8) is 0 Å². The van der Waals surface area contributed by atoms with E-state index in [2.05, 4.69) is 25.7 Å². The van der Waals surface area contributed by atoms with Crippen LogP contribution in [0.5, 0.6) is 0 Å². The highest BCUT2D eigenvalue weighted by Crippen LogP contribution is 2.27. The molecule has 0 fully saturated rings. The topological polar surface area (TPSA) is 76.2 Å². The van der Waals surface area contributed by atoms with Crippen molar-refractivity contribution in [1.29, 1.82) is 0 Å². The van der Waals surface area contributed by atoms with Gasteiger partial charge in [-0.2, -0.15) is 5.10 Å². The molecule has 0 bridgehead atoms. The van der Waals surface area contributed by atoms with E-state index in [0.717, 1.165) is 0 Å². The zero-order chi connectivity index (χ0) is 20.2. The van der Waals surface area contributed by atoms with E-state index in [1.54, 1.807) is 36.4 Å². The number of halogens is 3. The van der Waals surface area contributed by atoms with Crippen LogP contribution in [0.15, 0.2) is 70.2 Å². The third-order valence-electron chi connectivity index (χ3n) is 3.82. The average molecular weight is 412 g/mol. The lowest BCUT2D eigenvalue weighted by atomic mass is 10.2. The summed E-state index contributed by atoms with van der Waals surface area (Å²) < 4.78 is 31.7. The Balaban J connectivity index is 1.54. The number of aromatic nitrogens is 3. The summed E-state index contributed by atoms with van der Waals surface area (Å²) in [4.78, 5) is 4.13. The zero-order valence-corrected chi connectivity index (χ0v) is 15.4. The number of rotatable bonds is 5. The number of hydrazone groups is 1. The minimum absolute atomic E-state index is 0.198. The molecular weight excluding hydrogens is 400 g/mol. The van der Waals surface area contributed by atoms with E-state index in [-0.39, 0.29) is 28.6 Å². The Morgan fingerprint density at radius 1 is 0.862 bits per heavy atom. The van der Waals surface area contributed by atoms with Crippen LogP contribution in [-0.2, 0) is 0 Å². The molecule has 29 heavy (non-hydrogen) atoms. The Hall–Kier alpha value is -3.65. The van der Waals surface area contributed by atoms with E-state index in [9.17, 15) is 8.78 Å². The van der Waals surface area contributed by atoms with Gasteiger partial charge in [-0.15, -0.1) is 10.2 Å². The summed E-state index contributed by atoms with van der Waals surface area (Å²) in [7, 11) is 0. The summed E-state index contributed by atoms with van der Waals surface area (Å²) in [5, 5.41) is 12.2. The van der Waals surface area contributed by atoms with Crippen LogP contribution >= 0.6 is 11.6 Å². The first-order valence-electron chi connectivity index (χ1n) is 8.39. The van der Waals surface area contributed by atoms with Crippen LogP contribution in [0.4, 0.5) is 14.6 Å². The standard InChI is InChI=1S/C20H12ClF2N5O/c21-17-9-14(20-28-27-19(29-20)13-3-7-16(23)8-4-13)10-18(25-17)26-24-11-12-1-5-15(22)6-2-12/h1-11H,(H,25,26)/b24-11+. The Morgan fingerprint density at radius 3 is 2.17 bits per heavy atom. The number of anilines is 1. The van der Waals surface area contributed by atoms with Gasteiger partial charge in [0.15, 0.2) is 0 Å². The van der Waals surface area contributed by atoms with Gasteiger partial charge in [-0.1, -0.05) is 23.7 Å². The highest BCUT2D eigenvalue weighted by molar-refractivity contribution is 6.29. The van der Waals surface area contributed by atoms with E-state index in [1.165, 1.54) is 30.5 Å². The first-order valence-corrected chi connectivity index (χ1v) is 8.77. The van der Waals surface area contributed by atoms with Crippen molar-refractivity contribution in [2.75, 3.05) is 5.43 Å². The summed E-state index contributed by atoms with van der Waals surface area (Å²) in [6.07, 6.45) is 1.51. The maximum atomic E-state index is 13.1. The van der Waals surface area contributed by atoms with E-state index < -0.39 is 0 Å². The molecule has 0 aliphatic carbocycles. The molecule has 6 nitrogen and oxygen atoms in total. The van der Waals surface area contributed by atoms with Crippen molar-refractivity contribution in [2.45, 2.75) is 0 Å². The van der Waals surface area contributed by atoms with Crippen molar-refractivity contribution in [3.05, 3.63) is 83.0 Å². The number of nitrogens with zero attached hydrogens (tertiary/aromatic N) is 4. The molecule has 1 N–H and O–H groups in total. The van der Waals surface area contributed by atoms with Gasteiger partial charge in [0.2, 0.25) is 11.8 Å². The minimum atomic E-state index is -0.355. The van der Waals surface area contributed by atoms with Gasteiger partial charge in [0, 0.05) is 11.1 Å². The van der Waals surface area contributed by atoms with Crippen molar-refractivity contribution < 1.29 is 13.2 Å². The minimum Gasteiger partial charge on any atom is -0.416 e. The van der Waals surface area contributed by atoms with Gasteiger partial charge in [0.1, 0.15) is 22.6 Å². The van der Waals surface area contributed by atoms with Crippen LogP contribution in [0.1, 0.15) is 5.56 Å². The SMILES string of the molecule is Fc1ccc(/C=N/Nc2cc(-c3nnc(-c4ccc(F)cc4)o3)cc(Cl)n2)cc1. The predicted octanol–water partition coefficient (Wildman–Crippen LogP) is 5.18. The Kier molecular flexibility index (Phi) is 5.26. The van der Waals surface area contributed by atoms with Crippen molar-refractivity contribution in [1.82, 2.24) is 15.2 Å². The number of hydrogen-bond donors (Lipinski definition) is 1. The average Bonchev–Trinajstić information content (AvgIpc) is 3.20. The predicted molar refractivity (Wildman–Crippen MR) is 106 cm³/mol. The first kappa shape index (κ1) is 18.7. The van der Waals surface area contributed by atoms with Gasteiger partial charge < -0.3 is 4.42 Å². The number of nitrogens with one attached hydrogen (secondary N) is 1. The third kappa shape index (κ3) is 4.61. The van der Waals surface area contributed by atoms with Crippen LogP contribution in [-0.4, -0.2) is 21.4 Å². The molecule has 2 aromatic heterocycles. The van der Waals surface area contributed by atoms with Gasteiger partial charge in [-0.05, 0) is 54.1 Å². The summed E-state index contributed by atoms with van der Waals surface area (Å²) in [6, 6.07) is 14.8. The molecule has 9 heteroatoms. The van der Waals surface area contributed by atoms with Crippen LogP contribution in [0, 0.1) is 11.6 Å². The molecule has 0 saturated carbocycles. The fourth-order valence-corrected chi connectivity index (χ4v) is 2.66. The molecule has 144 valence electrons. The molecule has 0 amide bonds. The van der Waals surface area contributed by atoms with E-state index in [0.29, 0.717) is 22.5 Å². The normalized spacial score (nSPS) is 11.1. The largest absolute Gasteiger partial charge is 0.416 e. The summed E-state index contributed by atoms with van der Waals surface area (Å²) >= 11 is 6.08. The zero-order valence-electron chi connectivity index (χ0n) is 14.7. The summed E-state index contributed by atoms with van der Waals surface area (Å²) in [6.45, 7) is 0. The lowest BCUT2D eigenvalue weighted by molar-refractivity contribution is 0.584. The third-order valence-corrected chi connectivity index (χ3v) is 4.01. The Bertz CT molecular complexity index is 1160. The Morgan fingerprint density at radius 2 is 1.48 bits per heavy atom. The molecule has 0 atom stereocenters. The van der Waals surface area contributed by atoms with Gasteiger partial charge in [0.05, 0.1) is 6.21 Å². The van der Waals surface area contributed by atoms with Gasteiger partial charge in [-0.25, -0.2) is 13.8 Å². The molecule has 0 saturated heterocycles. The molecule has 2 heterocycles. The summed E-state index contributed by atoms with van der Waals surface area (Å²) in [5.41, 5.74) is 4.59. The van der Waals surface area contributed by atoms with Crippen LogP contribution in [0.3, 0.4) is 0 Å². The Labute approximate surface area is 168 Å². The highest BCUT2D eigenvalue weighted by Gasteiger charge is 2.12. The number of benzene rings is 2. The van der Waals surface area contributed by atoms with Crippen LogP contribution in [0.2, 0.25) is 5.15 Å².